The molecule has 0 radical (unpaired) electrons. The second-order valence-corrected chi connectivity index (χ2v) is 2.67. The van der Waals surface area contributed by atoms with E-state index in [-0.39, 0.29) is 6.04 Å². The molecule has 0 aromatic carbocycles. The standard InChI is InChI=1S/C9H16N2O/c1-4-5-6-7(2)8(3)11-9(10)12/h4-6,8H,1-3H3,(H3,10,11,12). The average molecular weight is 168 g/mol. The molecule has 0 saturated heterocycles. The number of rotatable bonds is 3. The summed E-state index contributed by atoms with van der Waals surface area (Å²) >= 11 is 0. The zero-order chi connectivity index (χ0) is 9.56. The fourth-order valence-corrected chi connectivity index (χ4v) is 0.720. The van der Waals surface area contributed by atoms with E-state index in [4.69, 9.17) is 5.73 Å². The minimum absolute atomic E-state index is 0.00120. The third-order valence-corrected chi connectivity index (χ3v) is 1.59. The van der Waals surface area contributed by atoms with Gasteiger partial charge in [0.05, 0.1) is 0 Å². The van der Waals surface area contributed by atoms with E-state index in [1.165, 1.54) is 0 Å². The lowest BCUT2D eigenvalue weighted by Crippen LogP contribution is -2.37. The van der Waals surface area contributed by atoms with Gasteiger partial charge in [-0.15, -0.1) is 0 Å². The van der Waals surface area contributed by atoms with Gasteiger partial charge >= 0.3 is 6.03 Å². The van der Waals surface area contributed by atoms with Crippen molar-refractivity contribution in [1.82, 2.24) is 5.32 Å². The molecule has 0 aliphatic rings. The van der Waals surface area contributed by atoms with E-state index in [2.05, 4.69) is 5.32 Å². The number of urea groups is 1. The summed E-state index contributed by atoms with van der Waals surface area (Å²) in [4.78, 5) is 10.5. The van der Waals surface area contributed by atoms with E-state index >= 15 is 0 Å². The number of nitrogens with one attached hydrogen (secondary N) is 1. The number of carbonyl (C=O) groups excluding carboxylic acids is 1. The smallest absolute Gasteiger partial charge is 0.312 e. The Kier molecular flexibility index (Phi) is 4.84. The van der Waals surface area contributed by atoms with Crippen molar-refractivity contribution in [2.24, 2.45) is 5.73 Å². The molecule has 0 aliphatic heterocycles. The molecular weight excluding hydrogens is 152 g/mol. The summed E-state index contributed by atoms with van der Waals surface area (Å²) in [6.07, 6.45) is 5.80. The van der Waals surface area contributed by atoms with Gasteiger partial charge < -0.3 is 11.1 Å². The van der Waals surface area contributed by atoms with Crippen LogP contribution in [-0.2, 0) is 0 Å². The summed E-state index contributed by atoms with van der Waals surface area (Å²) in [5.74, 6) is 0. The summed E-state index contributed by atoms with van der Waals surface area (Å²) in [5, 5.41) is 2.59. The van der Waals surface area contributed by atoms with Crippen LogP contribution in [0.4, 0.5) is 4.79 Å². The van der Waals surface area contributed by atoms with Gasteiger partial charge in [0.2, 0.25) is 0 Å². The normalized spacial score (nSPS) is 14.8. The maximum absolute atomic E-state index is 10.5. The summed E-state index contributed by atoms with van der Waals surface area (Å²) in [7, 11) is 0. The maximum Gasteiger partial charge on any atom is 0.312 e. The molecule has 12 heavy (non-hydrogen) atoms. The minimum Gasteiger partial charge on any atom is -0.352 e. The van der Waals surface area contributed by atoms with Crippen molar-refractivity contribution in [2.45, 2.75) is 26.8 Å². The lowest BCUT2D eigenvalue weighted by Gasteiger charge is -2.11. The van der Waals surface area contributed by atoms with Crippen molar-refractivity contribution in [2.75, 3.05) is 0 Å². The first-order valence-electron chi connectivity index (χ1n) is 3.93. The SMILES string of the molecule is CC=CC=C(C)C(C)NC(N)=O. The van der Waals surface area contributed by atoms with Gasteiger partial charge in [-0.1, -0.05) is 23.8 Å². The molecule has 3 heteroatoms. The highest BCUT2D eigenvalue weighted by Gasteiger charge is 2.03. The number of primary amides is 1. The molecule has 2 amide bonds. The molecule has 0 aliphatic carbocycles. The van der Waals surface area contributed by atoms with Gasteiger partial charge in [0.15, 0.2) is 0 Å². The average Bonchev–Trinajstić information content (AvgIpc) is 1.98. The third-order valence-electron chi connectivity index (χ3n) is 1.59. The molecule has 1 atom stereocenters. The summed E-state index contributed by atoms with van der Waals surface area (Å²) in [6, 6.07) is -0.491. The number of allylic oxidation sites excluding steroid dienone is 3. The van der Waals surface area contributed by atoms with Crippen molar-refractivity contribution in [1.29, 1.82) is 0 Å². The van der Waals surface area contributed by atoms with Crippen LogP contribution in [0.15, 0.2) is 23.8 Å². The summed E-state index contributed by atoms with van der Waals surface area (Å²) in [5.41, 5.74) is 6.04. The van der Waals surface area contributed by atoms with Crippen molar-refractivity contribution in [3.63, 3.8) is 0 Å². The molecule has 68 valence electrons. The predicted molar refractivity (Wildman–Crippen MR) is 50.8 cm³/mol. The first-order valence-corrected chi connectivity index (χ1v) is 3.93. The van der Waals surface area contributed by atoms with Gasteiger partial charge in [0.1, 0.15) is 0 Å². The molecule has 0 saturated carbocycles. The molecule has 0 bridgehead atoms. The Morgan fingerprint density at radius 3 is 2.58 bits per heavy atom. The summed E-state index contributed by atoms with van der Waals surface area (Å²) < 4.78 is 0. The third kappa shape index (κ3) is 4.55. The van der Waals surface area contributed by atoms with Crippen LogP contribution in [0.1, 0.15) is 20.8 Å². The number of nitrogens with two attached hydrogens (primary N) is 1. The Morgan fingerprint density at radius 1 is 1.58 bits per heavy atom. The van der Waals surface area contributed by atoms with Gasteiger partial charge in [0, 0.05) is 6.04 Å². The van der Waals surface area contributed by atoms with E-state index in [9.17, 15) is 4.79 Å². The van der Waals surface area contributed by atoms with Gasteiger partial charge in [-0.05, 0) is 20.8 Å². The van der Waals surface area contributed by atoms with Crippen molar-refractivity contribution in [3.05, 3.63) is 23.8 Å². The first-order chi connectivity index (χ1) is 5.57. The molecule has 0 spiro atoms. The number of hydrogen-bond donors (Lipinski definition) is 2. The molecule has 0 rings (SSSR count). The molecule has 0 fully saturated rings. The molecular formula is C9H16N2O. The monoisotopic (exact) mass is 168 g/mol. The van der Waals surface area contributed by atoms with E-state index in [0.29, 0.717) is 0 Å². The summed E-state index contributed by atoms with van der Waals surface area (Å²) in [6.45, 7) is 5.77. The van der Waals surface area contributed by atoms with Crippen LogP contribution in [-0.4, -0.2) is 12.1 Å². The Balaban J connectivity index is 4.08. The molecule has 3 N–H and O–H groups in total. The van der Waals surface area contributed by atoms with Crippen LogP contribution in [0.5, 0.6) is 0 Å². The van der Waals surface area contributed by atoms with E-state index in [1.54, 1.807) is 0 Å². The molecule has 1 unspecified atom stereocenters. The molecule has 0 aromatic rings. The van der Waals surface area contributed by atoms with Crippen molar-refractivity contribution >= 4 is 6.03 Å². The van der Waals surface area contributed by atoms with E-state index < -0.39 is 6.03 Å². The Bertz CT molecular complexity index is 207. The van der Waals surface area contributed by atoms with Gasteiger partial charge in [0.25, 0.3) is 0 Å². The lowest BCUT2D eigenvalue weighted by molar-refractivity contribution is 0.247. The van der Waals surface area contributed by atoms with Crippen LogP contribution in [0, 0.1) is 0 Å². The van der Waals surface area contributed by atoms with Crippen LogP contribution in [0.2, 0.25) is 0 Å². The topological polar surface area (TPSA) is 55.1 Å². The fourth-order valence-electron chi connectivity index (χ4n) is 0.720. The Hall–Kier alpha value is -1.25. The zero-order valence-corrected chi connectivity index (χ0v) is 7.79. The Morgan fingerprint density at radius 2 is 2.17 bits per heavy atom. The van der Waals surface area contributed by atoms with Crippen LogP contribution >= 0.6 is 0 Å². The van der Waals surface area contributed by atoms with Crippen molar-refractivity contribution < 1.29 is 4.79 Å². The number of amides is 2. The molecule has 3 nitrogen and oxygen atoms in total. The van der Waals surface area contributed by atoms with Gasteiger partial charge in [-0.25, -0.2) is 4.79 Å². The zero-order valence-electron chi connectivity index (χ0n) is 7.79. The van der Waals surface area contributed by atoms with Gasteiger partial charge in [-0.2, -0.15) is 0 Å². The van der Waals surface area contributed by atoms with Crippen LogP contribution in [0.25, 0.3) is 0 Å². The second kappa shape index (κ2) is 5.41. The largest absolute Gasteiger partial charge is 0.352 e. The molecule has 0 heterocycles. The highest BCUT2D eigenvalue weighted by atomic mass is 16.2. The van der Waals surface area contributed by atoms with Crippen LogP contribution < -0.4 is 11.1 Å². The number of hydrogen-bond acceptors (Lipinski definition) is 1. The van der Waals surface area contributed by atoms with E-state index in [0.717, 1.165) is 5.57 Å². The van der Waals surface area contributed by atoms with Crippen LogP contribution in [0.3, 0.4) is 0 Å². The highest BCUT2D eigenvalue weighted by Crippen LogP contribution is 1.99. The lowest BCUT2D eigenvalue weighted by atomic mass is 10.1. The van der Waals surface area contributed by atoms with Gasteiger partial charge in [-0.3, -0.25) is 0 Å². The predicted octanol–water partition coefficient (Wildman–Crippen LogP) is 1.57. The molecule has 0 aromatic heterocycles. The fraction of sp³-hybridized carbons (Fsp3) is 0.444. The first kappa shape index (κ1) is 10.8. The van der Waals surface area contributed by atoms with Crippen molar-refractivity contribution in [3.8, 4) is 0 Å². The number of carbonyl (C=O) groups is 1. The van der Waals surface area contributed by atoms with E-state index in [1.807, 2.05) is 39.0 Å². The maximum atomic E-state index is 10.5. The second-order valence-electron chi connectivity index (χ2n) is 2.67. The quantitative estimate of drug-likeness (QED) is 0.617. The minimum atomic E-state index is -0.490. The highest BCUT2D eigenvalue weighted by molar-refractivity contribution is 5.72. The Labute approximate surface area is 73.3 Å².